The third-order valence-electron chi connectivity index (χ3n) is 5.54. The minimum absolute atomic E-state index is 0.445. The SMILES string of the molecule is Cc1cc(CN2CCCC23CCNCC3)cc(-n2cccn2)c1. The Morgan fingerprint density at radius 2 is 2.04 bits per heavy atom. The zero-order valence-electron chi connectivity index (χ0n) is 14.0. The fraction of sp³-hybridized carbons (Fsp3) is 0.526. The number of benzene rings is 1. The molecule has 2 aliphatic heterocycles. The van der Waals surface area contributed by atoms with Crippen LogP contribution in [0.5, 0.6) is 0 Å². The van der Waals surface area contributed by atoms with Gasteiger partial charge in [0.25, 0.3) is 0 Å². The number of piperidine rings is 1. The highest BCUT2D eigenvalue weighted by molar-refractivity contribution is 5.39. The highest BCUT2D eigenvalue weighted by Gasteiger charge is 2.41. The first-order valence-corrected chi connectivity index (χ1v) is 8.82. The lowest BCUT2D eigenvalue weighted by Crippen LogP contribution is -2.50. The van der Waals surface area contributed by atoms with Crippen molar-refractivity contribution in [2.24, 2.45) is 0 Å². The molecule has 2 aromatic rings. The summed E-state index contributed by atoms with van der Waals surface area (Å²) in [6.45, 7) is 6.83. The number of likely N-dealkylation sites (tertiary alicyclic amines) is 1. The second-order valence-corrected chi connectivity index (χ2v) is 7.13. The Labute approximate surface area is 138 Å². The maximum Gasteiger partial charge on any atom is 0.0651 e. The first-order valence-electron chi connectivity index (χ1n) is 8.82. The maximum absolute atomic E-state index is 4.38. The molecular formula is C19H26N4. The van der Waals surface area contributed by atoms with E-state index in [2.05, 4.69) is 40.4 Å². The minimum Gasteiger partial charge on any atom is -0.317 e. The van der Waals surface area contributed by atoms with Gasteiger partial charge in [0.2, 0.25) is 0 Å². The quantitative estimate of drug-likeness (QED) is 0.946. The molecule has 23 heavy (non-hydrogen) atoms. The van der Waals surface area contributed by atoms with Gasteiger partial charge < -0.3 is 5.32 Å². The predicted molar refractivity (Wildman–Crippen MR) is 92.8 cm³/mol. The molecule has 1 aromatic carbocycles. The van der Waals surface area contributed by atoms with Crippen molar-refractivity contribution in [3.05, 3.63) is 47.8 Å². The van der Waals surface area contributed by atoms with Crippen molar-refractivity contribution < 1.29 is 0 Å². The molecule has 0 unspecified atom stereocenters. The molecule has 1 spiro atoms. The van der Waals surface area contributed by atoms with Crippen LogP contribution in [0.15, 0.2) is 36.7 Å². The lowest BCUT2D eigenvalue weighted by atomic mass is 9.85. The molecule has 0 amide bonds. The number of nitrogens with zero attached hydrogens (tertiary/aromatic N) is 3. The predicted octanol–water partition coefficient (Wildman–Crippen LogP) is 2.90. The summed E-state index contributed by atoms with van der Waals surface area (Å²) < 4.78 is 1.96. The Morgan fingerprint density at radius 3 is 2.83 bits per heavy atom. The molecule has 1 aromatic heterocycles. The van der Waals surface area contributed by atoms with Gasteiger partial charge in [-0.2, -0.15) is 5.10 Å². The standard InChI is InChI=1S/C19H26N4/c1-16-12-17(14-18(13-16)23-11-3-7-21-23)15-22-10-2-4-19(22)5-8-20-9-6-19/h3,7,11-14,20H,2,4-6,8-10,15H2,1H3. The van der Waals surface area contributed by atoms with Crippen LogP contribution >= 0.6 is 0 Å². The van der Waals surface area contributed by atoms with Gasteiger partial charge in [0.05, 0.1) is 5.69 Å². The summed E-state index contributed by atoms with van der Waals surface area (Å²) in [4.78, 5) is 2.75. The largest absolute Gasteiger partial charge is 0.317 e. The van der Waals surface area contributed by atoms with E-state index in [1.54, 1.807) is 0 Å². The van der Waals surface area contributed by atoms with Gasteiger partial charge in [0, 0.05) is 24.5 Å². The molecule has 3 heterocycles. The van der Waals surface area contributed by atoms with Gasteiger partial charge in [-0.25, -0.2) is 4.68 Å². The van der Waals surface area contributed by atoms with Gasteiger partial charge in [-0.15, -0.1) is 0 Å². The summed E-state index contributed by atoms with van der Waals surface area (Å²) in [5.41, 5.74) is 4.34. The Balaban J connectivity index is 1.59. The fourth-order valence-corrected chi connectivity index (χ4v) is 4.41. The molecule has 0 saturated carbocycles. The van der Waals surface area contributed by atoms with Gasteiger partial charge >= 0.3 is 0 Å². The van der Waals surface area contributed by atoms with Crippen LogP contribution < -0.4 is 5.32 Å². The van der Waals surface area contributed by atoms with Crippen molar-refractivity contribution in [2.45, 2.75) is 44.7 Å². The van der Waals surface area contributed by atoms with Crippen molar-refractivity contribution in [1.29, 1.82) is 0 Å². The highest BCUT2D eigenvalue weighted by Crippen LogP contribution is 2.37. The van der Waals surface area contributed by atoms with Gasteiger partial charge in [-0.05, 0) is 81.6 Å². The average Bonchev–Trinajstić information content (AvgIpc) is 3.19. The monoisotopic (exact) mass is 310 g/mol. The van der Waals surface area contributed by atoms with Crippen molar-refractivity contribution in [1.82, 2.24) is 20.0 Å². The second kappa shape index (κ2) is 6.10. The number of hydrogen-bond acceptors (Lipinski definition) is 3. The van der Waals surface area contributed by atoms with Crippen LogP contribution in [0.3, 0.4) is 0 Å². The molecule has 4 nitrogen and oxygen atoms in total. The lowest BCUT2D eigenvalue weighted by molar-refractivity contribution is 0.0928. The Hall–Kier alpha value is -1.65. The topological polar surface area (TPSA) is 33.1 Å². The number of hydrogen-bond donors (Lipinski definition) is 1. The third-order valence-corrected chi connectivity index (χ3v) is 5.54. The molecule has 0 atom stereocenters. The molecule has 0 aliphatic carbocycles. The summed E-state index contributed by atoms with van der Waals surface area (Å²) in [6.07, 6.45) is 9.16. The Morgan fingerprint density at radius 1 is 1.17 bits per heavy atom. The third kappa shape index (κ3) is 2.93. The normalized spacial score (nSPS) is 21.1. The number of aryl methyl sites for hydroxylation is 1. The van der Waals surface area contributed by atoms with Crippen LogP contribution in [0.4, 0.5) is 0 Å². The van der Waals surface area contributed by atoms with E-state index in [4.69, 9.17) is 0 Å². The van der Waals surface area contributed by atoms with E-state index in [0.717, 1.165) is 6.54 Å². The molecular weight excluding hydrogens is 284 g/mol. The van der Waals surface area contributed by atoms with Crippen LogP contribution in [0.1, 0.15) is 36.8 Å². The van der Waals surface area contributed by atoms with E-state index in [1.165, 1.54) is 62.1 Å². The van der Waals surface area contributed by atoms with Crippen molar-refractivity contribution in [3.63, 3.8) is 0 Å². The van der Waals surface area contributed by atoms with Crippen molar-refractivity contribution in [2.75, 3.05) is 19.6 Å². The molecule has 0 bridgehead atoms. The second-order valence-electron chi connectivity index (χ2n) is 7.13. The minimum atomic E-state index is 0.445. The van der Waals surface area contributed by atoms with Gasteiger partial charge in [-0.3, -0.25) is 4.90 Å². The zero-order chi connectivity index (χ0) is 15.7. The van der Waals surface area contributed by atoms with Gasteiger partial charge in [0.1, 0.15) is 0 Å². The van der Waals surface area contributed by atoms with E-state index < -0.39 is 0 Å². The molecule has 1 N–H and O–H groups in total. The van der Waals surface area contributed by atoms with E-state index in [1.807, 2.05) is 23.1 Å². The van der Waals surface area contributed by atoms with Gasteiger partial charge in [-0.1, -0.05) is 6.07 Å². The van der Waals surface area contributed by atoms with Crippen molar-refractivity contribution in [3.8, 4) is 5.69 Å². The molecule has 2 saturated heterocycles. The summed E-state index contributed by atoms with van der Waals surface area (Å²) in [7, 11) is 0. The molecule has 4 rings (SSSR count). The number of rotatable bonds is 3. The van der Waals surface area contributed by atoms with E-state index >= 15 is 0 Å². The highest BCUT2D eigenvalue weighted by atomic mass is 15.3. The van der Waals surface area contributed by atoms with E-state index in [-0.39, 0.29) is 0 Å². The first kappa shape index (κ1) is 14.9. The zero-order valence-corrected chi connectivity index (χ0v) is 14.0. The Bertz CT molecular complexity index is 656. The van der Waals surface area contributed by atoms with Crippen LogP contribution in [0.2, 0.25) is 0 Å². The summed E-state index contributed by atoms with van der Waals surface area (Å²) in [5, 5.41) is 7.90. The van der Waals surface area contributed by atoms with Crippen molar-refractivity contribution >= 4 is 0 Å². The molecule has 122 valence electrons. The first-order chi connectivity index (χ1) is 11.3. The van der Waals surface area contributed by atoms with Gasteiger partial charge in [0.15, 0.2) is 0 Å². The molecule has 2 aliphatic rings. The molecule has 2 fully saturated rings. The van der Waals surface area contributed by atoms with E-state index in [0.29, 0.717) is 5.54 Å². The smallest absolute Gasteiger partial charge is 0.0651 e. The van der Waals surface area contributed by atoms with Crippen LogP contribution in [0, 0.1) is 6.92 Å². The van der Waals surface area contributed by atoms with Crippen LogP contribution in [-0.2, 0) is 6.54 Å². The Kier molecular flexibility index (Phi) is 3.95. The molecule has 0 radical (unpaired) electrons. The fourth-order valence-electron chi connectivity index (χ4n) is 4.41. The summed E-state index contributed by atoms with van der Waals surface area (Å²) in [5.74, 6) is 0. The lowest BCUT2D eigenvalue weighted by Gasteiger charge is -2.42. The number of aromatic nitrogens is 2. The maximum atomic E-state index is 4.38. The van der Waals surface area contributed by atoms with Crippen LogP contribution in [0.25, 0.3) is 5.69 Å². The van der Waals surface area contributed by atoms with Crippen LogP contribution in [-0.4, -0.2) is 39.9 Å². The summed E-state index contributed by atoms with van der Waals surface area (Å²) in [6, 6.07) is 8.82. The molecule has 4 heteroatoms. The van der Waals surface area contributed by atoms with E-state index in [9.17, 15) is 0 Å². The number of nitrogens with one attached hydrogen (secondary N) is 1. The summed E-state index contributed by atoms with van der Waals surface area (Å²) >= 11 is 0. The average molecular weight is 310 g/mol.